The Bertz CT molecular complexity index is 360. The van der Waals surface area contributed by atoms with Crippen molar-refractivity contribution in [2.45, 2.75) is 32.7 Å². The zero-order valence-electron chi connectivity index (χ0n) is 12.0. The molecule has 1 saturated carbocycles. The molecule has 0 radical (unpaired) electrons. The summed E-state index contributed by atoms with van der Waals surface area (Å²) in [6.45, 7) is 7.21. The van der Waals surface area contributed by atoms with Gasteiger partial charge in [-0.05, 0) is 49.4 Å². The van der Waals surface area contributed by atoms with Crippen molar-refractivity contribution in [2.24, 2.45) is 11.7 Å². The zero-order chi connectivity index (χ0) is 13.5. The second-order valence-electron chi connectivity index (χ2n) is 5.39. The SMILES string of the molecule is CCN(CCCOc1ccc(CN)cc1)CC1CC1. The van der Waals surface area contributed by atoms with E-state index in [0.29, 0.717) is 6.54 Å². The van der Waals surface area contributed by atoms with Crippen LogP contribution in [0.5, 0.6) is 5.75 Å². The first-order valence-corrected chi connectivity index (χ1v) is 7.46. The molecule has 0 aromatic heterocycles. The van der Waals surface area contributed by atoms with Gasteiger partial charge >= 0.3 is 0 Å². The Balaban J connectivity index is 1.61. The van der Waals surface area contributed by atoms with E-state index in [1.54, 1.807) is 0 Å². The van der Waals surface area contributed by atoms with Crippen molar-refractivity contribution < 1.29 is 4.74 Å². The average molecular weight is 262 g/mol. The highest BCUT2D eigenvalue weighted by Gasteiger charge is 2.23. The Morgan fingerprint density at radius 2 is 2.00 bits per heavy atom. The molecule has 1 fully saturated rings. The van der Waals surface area contributed by atoms with Crippen molar-refractivity contribution in [3.63, 3.8) is 0 Å². The molecule has 0 saturated heterocycles. The zero-order valence-corrected chi connectivity index (χ0v) is 12.0. The lowest BCUT2D eigenvalue weighted by Crippen LogP contribution is -2.27. The topological polar surface area (TPSA) is 38.5 Å². The fourth-order valence-corrected chi connectivity index (χ4v) is 2.24. The van der Waals surface area contributed by atoms with Crippen LogP contribution in [0.3, 0.4) is 0 Å². The molecular weight excluding hydrogens is 236 g/mol. The van der Waals surface area contributed by atoms with Crippen LogP contribution in [-0.2, 0) is 6.54 Å². The average Bonchev–Trinajstić information content (AvgIpc) is 3.27. The standard InChI is InChI=1S/C16H26N2O/c1-2-18(13-15-4-5-15)10-3-11-19-16-8-6-14(12-17)7-9-16/h6-9,15H,2-5,10-13,17H2,1H3. The van der Waals surface area contributed by atoms with E-state index in [4.69, 9.17) is 10.5 Å². The number of rotatable bonds is 9. The number of hydrogen-bond donors (Lipinski definition) is 1. The number of benzene rings is 1. The van der Waals surface area contributed by atoms with Crippen LogP contribution in [0.25, 0.3) is 0 Å². The fourth-order valence-electron chi connectivity index (χ4n) is 2.24. The molecule has 0 heterocycles. The van der Waals surface area contributed by atoms with Gasteiger partial charge in [0.2, 0.25) is 0 Å². The third kappa shape index (κ3) is 5.21. The Morgan fingerprint density at radius 3 is 2.58 bits per heavy atom. The molecule has 19 heavy (non-hydrogen) atoms. The van der Waals surface area contributed by atoms with Crippen molar-refractivity contribution in [2.75, 3.05) is 26.2 Å². The lowest BCUT2D eigenvalue weighted by molar-refractivity contribution is 0.235. The van der Waals surface area contributed by atoms with Crippen LogP contribution in [-0.4, -0.2) is 31.1 Å². The minimum atomic E-state index is 0.590. The maximum absolute atomic E-state index is 5.75. The first-order valence-electron chi connectivity index (χ1n) is 7.46. The molecule has 0 amide bonds. The Labute approximate surface area is 116 Å². The van der Waals surface area contributed by atoms with Crippen molar-refractivity contribution in [1.82, 2.24) is 4.90 Å². The van der Waals surface area contributed by atoms with Crippen LogP contribution in [0, 0.1) is 5.92 Å². The number of ether oxygens (including phenoxy) is 1. The van der Waals surface area contributed by atoms with Gasteiger partial charge < -0.3 is 15.4 Å². The van der Waals surface area contributed by atoms with Crippen molar-refractivity contribution in [3.8, 4) is 5.75 Å². The first kappa shape index (κ1) is 14.4. The molecule has 3 heteroatoms. The second kappa shape index (κ2) is 7.51. The molecule has 0 spiro atoms. The summed E-state index contributed by atoms with van der Waals surface area (Å²) in [7, 11) is 0. The summed E-state index contributed by atoms with van der Waals surface area (Å²) >= 11 is 0. The van der Waals surface area contributed by atoms with Gasteiger partial charge in [-0.15, -0.1) is 0 Å². The van der Waals surface area contributed by atoms with Crippen molar-refractivity contribution >= 4 is 0 Å². The molecule has 3 nitrogen and oxygen atoms in total. The van der Waals surface area contributed by atoms with E-state index in [0.717, 1.165) is 43.3 Å². The van der Waals surface area contributed by atoms with E-state index in [-0.39, 0.29) is 0 Å². The number of hydrogen-bond acceptors (Lipinski definition) is 3. The third-order valence-corrected chi connectivity index (χ3v) is 3.71. The van der Waals surface area contributed by atoms with Crippen LogP contribution in [0.4, 0.5) is 0 Å². The van der Waals surface area contributed by atoms with Crippen molar-refractivity contribution in [3.05, 3.63) is 29.8 Å². The smallest absolute Gasteiger partial charge is 0.119 e. The van der Waals surface area contributed by atoms with Crippen LogP contribution in [0.1, 0.15) is 31.7 Å². The number of nitrogens with zero attached hydrogens (tertiary/aromatic N) is 1. The van der Waals surface area contributed by atoms with E-state index in [2.05, 4.69) is 11.8 Å². The van der Waals surface area contributed by atoms with E-state index >= 15 is 0 Å². The molecule has 106 valence electrons. The molecular formula is C16H26N2O. The summed E-state index contributed by atoms with van der Waals surface area (Å²) in [5, 5.41) is 0. The second-order valence-corrected chi connectivity index (χ2v) is 5.39. The summed E-state index contributed by atoms with van der Waals surface area (Å²) in [5.74, 6) is 1.92. The predicted molar refractivity (Wildman–Crippen MR) is 79.3 cm³/mol. The highest BCUT2D eigenvalue weighted by Crippen LogP contribution is 2.29. The Morgan fingerprint density at radius 1 is 1.26 bits per heavy atom. The van der Waals surface area contributed by atoms with E-state index < -0.39 is 0 Å². The van der Waals surface area contributed by atoms with Crippen LogP contribution < -0.4 is 10.5 Å². The van der Waals surface area contributed by atoms with Gasteiger partial charge in [0.15, 0.2) is 0 Å². The lowest BCUT2D eigenvalue weighted by atomic mass is 10.2. The molecule has 1 aromatic rings. The van der Waals surface area contributed by atoms with Crippen LogP contribution in [0.2, 0.25) is 0 Å². The molecule has 0 aliphatic heterocycles. The predicted octanol–water partition coefficient (Wildman–Crippen LogP) is 2.65. The van der Waals surface area contributed by atoms with Gasteiger partial charge in [0, 0.05) is 19.6 Å². The van der Waals surface area contributed by atoms with Gasteiger partial charge in [0.25, 0.3) is 0 Å². The highest BCUT2D eigenvalue weighted by molar-refractivity contribution is 5.26. The van der Waals surface area contributed by atoms with Gasteiger partial charge in [-0.25, -0.2) is 0 Å². The largest absolute Gasteiger partial charge is 0.494 e. The summed E-state index contributed by atoms with van der Waals surface area (Å²) in [4.78, 5) is 2.54. The molecule has 0 bridgehead atoms. The summed E-state index contributed by atoms with van der Waals surface area (Å²) in [6, 6.07) is 8.06. The minimum Gasteiger partial charge on any atom is -0.494 e. The summed E-state index contributed by atoms with van der Waals surface area (Å²) in [5.41, 5.74) is 6.72. The van der Waals surface area contributed by atoms with Gasteiger partial charge in [0.1, 0.15) is 5.75 Å². The quantitative estimate of drug-likeness (QED) is 0.695. The minimum absolute atomic E-state index is 0.590. The van der Waals surface area contributed by atoms with Crippen LogP contribution >= 0.6 is 0 Å². The molecule has 1 aliphatic carbocycles. The summed E-state index contributed by atoms with van der Waals surface area (Å²) < 4.78 is 5.75. The lowest BCUT2D eigenvalue weighted by Gasteiger charge is -2.20. The van der Waals surface area contributed by atoms with Gasteiger partial charge in [-0.3, -0.25) is 0 Å². The molecule has 2 N–H and O–H groups in total. The van der Waals surface area contributed by atoms with Gasteiger partial charge in [-0.1, -0.05) is 19.1 Å². The van der Waals surface area contributed by atoms with Gasteiger partial charge in [-0.2, -0.15) is 0 Å². The molecule has 0 unspecified atom stereocenters. The van der Waals surface area contributed by atoms with E-state index in [1.807, 2.05) is 24.3 Å². The Kier molecular flexibility index (Phi) is 5.67. The molecule has 0 atom stereocenters. The van der Waals surface area contributed by atoms with Crippen molar-refractivity contribution in [1.29, 1.82) is 0 Å². The summed E-state index contributed by atoms with van der Waals surface area (Å²) in [6.07, 6.45) is 3.96. The molecule has 1 aromatic carbocycles. The maximum atomic E-state index is 5.75. The van der Waals surface area contributed by atoms with Crippen LogP contribution in [0.15, 0.2) is 24.3 Å². The van der Waals surface area contributed by atoms with E-state index in [1.165, 1.54) is 19.4 Å². The normalized spacial score (nSPS) is 14.9. The molecule has 1 aliphatic rings. The maximum Gasteiger partial charge on any atom is 0.119 e. The van der Waals surface area contributed by atoms with Gasteiger partial charge in [0.05, 0.1) is 6.61 Å². The highest BCUT2D eigenvalue weighted by atomic mass is 16.5. The molecule has 2 rings (SSSR count). The number of nitrogens with two attached hydrogens (primary N) is 1. The first-order chi connectivity index (χ1) is 9.31. The monoisotopic (exact) mass is 262 g/mol. The van der Waals surface area contributed by atoms with E-state index in [9.17, 15) is 0 Å². The fraction of sp³-hybridized carbons (Fsp3) is 0.625. The Hall–Kier alpha value is -1.06. The third-order valence-electron chi connectivity index (χ3n) is 3.71.